The maximum Gasteiger partial charge on any atom is 0.124 e. The first-order valence-electron chi connectivity index (χ1n) is 5.12. The third-order valence-corrected chi connectivity index (χ3v) is 3.68. The maximum atomic E-state index is 13.2. The standard InChI is InChI=1S/C13H8ClFN2S/c14-12-2-1-3-17-13(12)18-8-10-4-9(7-16)5-11(15)6-10/h1-6H,8H2. The molecule has 0 radical (unpaired) electrons. The number of nitriles is 1. The van der Waals surface area contributed by atoms with Crippen LogP contribution >= 0.6 is 23.4 Å². The van der Waals surface area contributed by atoms with Crippen molar-refractivity contribution in [1.29, 1.82) is 5.26 Å². The molecular weight excluding hydrogens is 271 g/mol. The topological polar surface area (TPSA) is 36.7 Å². The molecule has 0 amide bonds. The summed E-state index contributed by atoms with van der Waals surface area (Å²) in [6.07, 6.45) is 1.65. The summed E-state index contributed by atoms with van der Waals surface area (Å²) in [6.45, 7) is 0. The van der Waals surface area contributed by atoms with Gasteiger partial charge in [-0.25, -0.2) is 9.37 Å². The molecule has 0 aliphatic rings. The second kappa shape index (κ2) is 5.85. The van der Waals surface area contributed by atoms with E-state index in [-0.39, 0.29) is 0 Å². The van der Waals surface area contributed by atoms with E-state index in [1.165, 1.54) is 23.9 Å². The van der Waals surface area contributed by atoms with Gasteiger partial charge in [-0.05, 0) is 35.9 Å². The van der Waals surface area contributed by atoms with Crippen molar-refractivity contribution < 1.29 is 4.39 Å². The fraction of sp³-hybridized carbons (Fsp3) is 0.0769. The van der Waals surface area contributed by atoms with E-state index in [0.717, 1.165) is 5.56 Å². The van der Waals surface area contributed by atoms with Crippen molar-refractivity contribution in [2.45, 2.75) is 10.8 Å². The largest absolute Gasteiger partial charge is 0.248 e. The van der Waals surface area contributed by atoms with Crippen LogP contribution in [0.15, 0.2) is 41.6 Å². The average Bonchev–Trinajstić information content (AvgIpc) is 2.37. The van der Waals surface area contributed by atoms with Gasteiger partial charge >= 0.3 is 0 Å². The monoisotopic (exact) mass is 278 g/mol. The molecule has 18 heavy (non-hydrogen) atoms. The average molecular weight is 279 g/mol. The van der Waals surface area contributed by atoms with Crippen LogP contribution in [0.5, 0.6) is 0 Å². The van der Waals surface area contributed by atoms with E-state index in [2.05, 4.69) is 4.98 Å². The van der Waals surface area contributed by atoms with E-state index in [9.17, 15) is 4.39 Å². The zero-order chi connectivity index (χ0) is 13.0. The second-order valence-corrected chi connectivity index (χ2v) is 4.91. The summed E-state index contributed by atoms with van der Waals surface area (Å²) in [5.74, 6) is 0.111. The van der Waals surface area contributed by atoms with Gasteiger partial charge < -0.3 is 0 Å². The summed E-state index contributed by atoms with van der Waals surface area (Å²) in [4.78, 5) is 4.13. The Bertz CT molecular complexity index is 610. The Kier molecular flexibility index (Phi) is 4.19. The van der Waals surface area contributed by atoms with Crippen molar-refractivity contribution in [3.63, 3.8) is 0 Å². The van der Waals surface area contributed by atoms with Crippen molar-refractivity contribution in [3.8, 4) is 6.07 Å². The Morgan fingerprint density at radius 3 is 2.94 bits per heavy atom. The maximum absolute atomic E-state index is 13.2. The second-order valence-electron chi connectivity index (χ2n) is 3.54. The van der Waals surface area contributed by atoms with Gasteiger partial charge in [0.1, 0.15) is 10.8 Å². The Hall–Kier alpha value is -1.57. The van der Waals surface area contributed by atoms with Crippen LogP contribution in [0.1, 0.15) is 11.1 Å². The lowest BCUT2D eigenvalue weighted by Gasteiger charge is -2.03. The van der Waals surface area contributed by atoms with Crippen LogP contribution in [0.3, 0.4) is 0 Å². The van der Waals surface area contributed by atoms with Crippen LogP contribution in [-0.2, 0) is 5.75 Å². The molecule has 2 rings (SSSR count). The summed E-state index contributed by atoms with van der Waals surface area (Å²) in [5, 5.41) is 10.0. The fourth-order valence-corrected chi connectivity index (χ4v) is 2.52. The molecule has 0 aliphatic heterocycles. The van der Waals surface area contributed by atoms with Crippen LogP contribution < -0.4 is 0 Å². The van der Waals surface area contributed by atoms with Crippen LogP contribution in [0, 0.1) is 17.1 Å². The van der Waals surface area contributed by atoms with Gasteiger partial charge in [0.05, 0.1) is 16.7 Å². The first-order chi connectivity index (χ1) is 8.69. The molecule has 0 N–H and O–H groups in total. The number of hydrogen-bond donors (Lipinski definition) is 0. The molecule has 0 fully saturated rings. The molecule has 0 unspecified atom stereocenters. The zero-order valence-corrected chi connectivity index (χ0v) is 10.8. The third kappa shape index (κ3) is 3.22. The molecule has 0 spiro atoms. The van der Waals surface area contributed by atoms with Crippen molar-refractivity contribution in [2.75, 3.05) is 0 Å². The van der Waals surface area contributed by atoms with Crippen LogP contribution in [0.25, 0.3) is 0 Å². The van der Waals surface area contributed by atoms with Gasteiger partial charge in [-0.15, -0.1) is 11.8 Å². The lowest BCUT2D eigenvalue weighted by Crippen LogP contribution is -1.88. The molecule has 90 valence electrons. The Morgan fingerprint density at radius 2 is 2.22 bits per heavy atom. The molecule has 2 aromatic rings. The highest BCUT2D eigenvalue weighted by Gasteiger charge is 2.04. The molecule has 0 saturated heterocycles. The lowest BCUT2D eigenvalue weighted by atomic mass is 10.1. The number of aromatic nitrogens is 1. The van der Waals surface area contributed by atoms with E-state index in [0.29, 0.717) is 21.4 Å². The van der Waals surface area contributed by atoms with Crippen LogP contribution in [-0.4, -0.2) is 4.98 Å². The van der Waals surface area contributed by atoms with Crippen molar-refractivity contribution in [2.24, 2.45) is 0 Å². The molecule has 0 bridgehead atoms. The summed E-state index contributed by atoms with van der Waals surface area (Å²) < 4.78 is 13.2. The van der Waals surface area contributed by atoms with Gasteiger partial charge in [-0.3, -0.25) is 0 Å². The molecule has 5 heteroatoms. The third-order valence-electron chi connectivity index (χ3n) is 2.19. The molecule has 0 saturated carbocycles. The Labute approximate surface area is 113 Å². The van der Waals surface area contributed by atoms with E-state index in [4.69, 9.17) is 16.9 Å². The number of nitrogens with zero attached hydrogens (tertiary/aromatic N) is 2. The number of benzene rings is 1. The predicted octanol–water partition coefficient (Wildman–Crippen LogP) is 4.04. The van der Waals surface area contributed by atoms with Gasteiger partial charge in [0, 0.05) is 11.9 Å². The van der Waals surface area contributed by atoms with Crippen molar-refractivity contribution in [3.05, 3.63) is 58.5 Å². The molecule has 1 heterocycles. The van der Waals surface area contributed by atoms with Gasteiger partial charge in [0.2, 0.25) is 0 Å². The zero-order valence-electron chi connectivity index (χ0n) is 9.23. The number of halogens is 2. The minimum absolute atomic E-state index is 0.317. The summed E-state index contributed by atoms with van der Waals surface area (Å²) in [6, 6.07) is 9.71. The molecule has 2 nitrogen and oxygen atoms in total. The van der Waals surface area contributed by atoms with Gasteiger partial charge in [-0.1, -0.05) is 11.6 Å². The van der Waals surface area contributed by atoms with Gasteiger partial charge in [0.25, 0.3) is 0 Å². The quantitative estimate of drug-likeness (QED) is 0.795. The Morgan fingerprint density at radius 1 is 1.39 bits per heavy atom. The number of hydrogen-bond acceptors (Lipinski definition) is 3. The van der Waals surface area contributed by atoms with Gasteiger partial charge in [0.15, 0.2) is 0 Å². The van der Waals surface area contributed by atoms with Crippen molar-refractivity contribution >= 4 is 23.4 Å². The first kappa shape index (κ1) is 12.9. The fourth-order valence-electron chi connectivity index (χ4n) is 1.43. The SMILES string of the molecule is N#Cc1cc(F)cc(CSc2ncccc2Cl)c1. The highest BCUT2D eigenvalue weighted by Crippen LogP contribution is 2.27. The highest BCUT2D eigenvalue weighted by molar-refractivity contribution is 7.98. The predicted molar refractivity (Wildman–Crippen MR) is 69.9 cm³/mol. The normalized spacial score (nSPS) is 10.1. The van der Waals surface area contributed by atoms with E-state index < -0.39 is 5.82 Å². The summed E-state index contributed by atoms with van der Waals surface area (Å²) in [5.41, 5.74) is 1.05. The first-order valence-corrected chi connectivity index (χ1v) is 6.48. The number of thioether (sulfide) groups is 1. The number of pyridine rings is 1. The van der Waals surface area contributed by atoms with E-state index >= 15 is 0 Å². The van der Waals surface area contributed by atoms with Gasteiger partial charge in [-0.2, -0.15) is 5.26 Å². The van der Waals surface area contributed by atoms with Crippen molar-refractivity contribution in [1.82, 2.24) is 4.98 Å². The molecule has 0 aliphatic carbocycles. The summed E-state index contributed by atoms with van der Waals surface area (Å²) >= 11 is 7.38. The van der Waals surface area contributed by atoms with E-state index in [1.54, 1.807) is 24.4 Å². The van der Waals surface area contributed by atoms with Crippen LogP contribution in [0.2, 0.25) is 5.02 Å². The molecule has 0 atom stereocenters. The minimum atomic E-state index is -0.406. The summed E-state index contributed by atoms with van der Waals surface area (Å²) in [7, 11) is 0. The highest BCUT2D eigenvalue weighted by atomic mass is 35.5. The lowest BCUT2D eigenvalue weighted by molar-refractivity contribution is 0.626. The molecular formula is C13H8ClFN2S. The molecule has 1 aromatic carbocycles. The van der Waals surface area contributed by atoms with Crippen LogP contribution in [0.4, 0.5) is 4.39 Å². The molecule has 1 aromatic heterocycles. The Balaban J connectivity index is 2.14. The minimum Gasteiger partial charge on any atom is -0.248 e. The number of rotatable bonds is 3. The van der Waals surface area contributed by atoms with E-state index in [1.807, 2.05) is 6.07 Å². The smallest absolute Gasteiger partial charge is 0.124 e.